The van der Waals surface area contributed by atoms with E-state index in [4.69, 9.17) is 37.9 Å². The van der Waals surface area contributed by atoms with Crippen molar-refractivity contribution in [2.45, 2.75) is 50.7 Å². The monoisotopic (exact) mass is 842 g/mol. The number of nitrogens with zero attached hydrogens (tertiary/aromatic N) is 2. The SMILES string of the molecule is N#Cc1ccc(-c2ccc(C[C@H](NC(=O)[C@@H]3Cc4cc5c(cc4CN3Cc3ccsc3)OC(c3ccc(OCc4ccc(Cl)c(Cl)c4)cc3)C(=O)N5)C(=O)O)cc2)cc1. The minimum atomic E-state index is -1.16. The third kappa shape index (κ3) is 9.12. The molecule has 13 heteroatoms. The van der Waals surface area contributed by atoms with Crippen LogP contribution in [0.3, 0.4) is 0 Å². The maximum atomic E-state index is 14.1. The van der Waals surface area contributed by atoms with Crippen LogP contribution in [0.1, 0.15) is 45.0 Å². The number of anilines is 1. The Bertz CT molecular complexity index is 2560. The van der Waals surface area contributed by atoms with Crippen LogP contribution in [0, 0.1) is 11.3 Å². The first-order chi connectivity index (χ1) is 28.6. The zero-order valence-electron chi connectivity index (χ0n) is 31.4. The number of nitriles is 1. The van der Waals surface area contributed by atoms with Crippen LogP contribution >= 0.6 is 34.5 Å². The van der Waals surface area contributed by atoms with Crippen LogP contribution in [-0.4, -0.2) is 39.9 Å². The number of rotatable bonds is 12. The van der Waals surface area contributed by atoms with Gasteiger partial charge in [-0.2, -0.15) is 16.6 Å². The highest BCUT2D eigenvalue weighted by atomic mass is 35.5. The Labute approximate surface area is 354 Å². The van der Waals surface area contributed by atoms with Crippen molar-refractivity contribution in [3.8, 4) is 28.7 Å². The van der Waals surface area contributed by atoms with Gasteiger partial charge in [0.2, 0.25) is 12.0 Å². The highest BCUT2D eigenvalue weighted by Gasteiger charge is 2.36. The van der Waals surface area contributed by atoms with Crippen molar-refractivity contribution in [1.82, 2.24) is 10.2 Å². The standard InChI is InChI=1S/C46H36Cl2N4O6S/c47-37-14-5-29(17-38(37)48)25-57-36-12-10-33(11-13-36)43-45(54)50-39-19-34-20-41(52(23-30-15-16-59-26-30)24-35(34)21-42(39)58-43)44(53)51-40(46(55)56)18-27-1-6-31(7-2-27)32-8-3-28(22-49)4-9-32/h1-17,19,21,26,40-41,43H,18,20,23-25H2,(H,50,54)(H,51,53)(H,55,56)/t40-,41-,43?/m0/s1. The van der Waals surface area contributed by atoms with Crippen LogP contribution in [0.4, 0.5) is 5.69 Å². The number of hydrogen-bond acceptors (Lipinski definition) is 8. The van der Waals surface area contributed by atoms with Gasteiger partial charge in [0.25, 0.3) is 5.91 Å². The molecule has 2 aliphatic rings. The zero-order chi connectivity index (χ0) is 41.0. The normalized spacial score (nSPS) is 16.4. The summed E-state index contributed by atoms with van der Waals surface area (Å²) in [6, 6.07) is 33.3. The number of amides is 2. The molecule has 0 saturated carbocycles. The van der Waals surface area contributed by atoms with E-state index in [2.05, 4.69) is 16.7 Å². The van der Waals surface area contributed by atoms with E-state index in [1.54, 1.807) is 59.9 Å². The molecule has 2 aliphatic heterocycles. The third-order valence-corrected chi connectivity index (χ3v) is 11.9. The Morgan fingerprint density at radius 1 is 0.915 bits per heavy atom. The molecule has 3 N–H and O–H groups in total. The van der Waals surface area contributed by atoms with E-state index in [1.165, 1.54) is 0 Å². The number of fused-ring (bicyclic) bond motifs is 2. The fraction of sp³-hybridized carbons (Fsp3) is 0.174. The van der Waals surface area contributed by atoms with Crippen molar-refractivity contribution in [3.05, 3.63) is 169 Å². The van der Waals surface area contributed by atoms with Crippen molar-refractivity contribution >= 4 is 58.0 Å². The lowest BCUT2D eigenvalue weighted by Gasteiger charge is -2.37. The van der Waals surface area contributed by atoms with Crippen LogP contribution in [0.5, 0.6) is 11.5 Å². The quantitative estimate of drug-likeness (QED) is 0.111. The smallest absolute Gasteiger partial charge is 0.326 e. The molecule has 0 saturated heterocycles. The summed E-state index contributed by atoms with van der Waals surface area (Å²) in [4.78, 5) is 42.1. The lowest BCUT2D eigenvalue weighted by Crippen LogP contribution is -2.54. The molecule has 296 valence electrons. The van der Waals surface area contributed by atoms with E-state index in [9.17, 15) is 19.5 Å². The molecule has 59 heavy (non-hydrogen) atoms. The van der Waals surface area contributed by atoms with Gasteiger partial charge in [-0.05, 0) is 111 Å². The van der Waals surface area contributed by atoms with Gasteiger partial charge in [-0.3, -0.25) is 14.5 Å². The highest BCUT2D eigenvalue weighted by Crippen LogP contribution is 2.40. The van der Waals surface area contributed by atoms with Crippen molar-refractivity contribution < 1.29 is 29.0 Å². The first kappa shape index (κ1) is 39.7. The average molecular weight is 844 g/mol. The van der Waals surface area contributed by atoms with Gasteiger partial charge in [-0.15, -0.1) is 0 Å². The van der Waals surface area contributed by atoms with Gasteiger partial charge in [0.1, 0.15) is 24.1 Å². The van der Waals surface area contributed by atoms with Gasteiger partial charge in [0.15, 0.2) is 0 Å². The van der Waals surface area contributed by atoms with E-state index in [1.807, 2.05) is 76.3 Å². The second-order valence-electron chi connectivity index (χ2n) is 14.5. The van der Waals surface area contributed by atoms with Crippen molar-refractivity contribution in [2.75, 3.05) is 5.32 Å². The summed E-state index contributed by atoms with van der Waals surface area (Å²) in [6.45, 7) is 1.17. The van der Waals surface area contributed by atoms with Crippen LogP contribution < -0.4 is 20.1 Å². The minimum absolute atomic E-state index is 0.0923. The van der Waals surface area contributed by atoms with Gasteiger partial charge in [-0.1, -0.05) is 77.8 Å². The van der Waals surface area contributed by atoms with E-state index in [0.29, 0.717) is 64.5 Å². The topological polar surface area (TPSA) is 141 Å². The summed E-state index contributed by atoms with van der Waals surface area (Å²) in [5, 5.41) is 30.1. The van der Waals surface area contributed by atoms with E-state index >= 15 is 0 Å². The van der Waals surface area contributed by atoms with Crippen LogP contribution in [-0.2, 0) is 46.9 Å². The molecular formula is C46H36Cl2N4O6S. The Kier molecular flexibility index (Phi) is 11.7. The molecule has 0 radical (unpaired) electrons. The second kappa shape index (κ2) is 17.4. The van der Waals surface area contributed by atoms with Crippen molar-refractivity contribution in [1.29, 1.82) is 5.26 Å². The van der Waals surface area contributed by atoms with Crippen LogP contribution in [0.15, 0.2) is 120 Å². The van der Waals surface area contributed by atoms with Gasteiger partial charge in [-0.25, -0.2) is 4.79 Å². The first-order valence-electron chi connectivity index (χ1n) is 18.8. The molecule has 1 unspecified atom stereocenters. The fourth-order valence-electron chi connectivity index (χ4n) is 7.31. The number of ether oxygens (including phenoxy) is 2. The summed E-state index contributed by atoms with van der Waals surface area (Å²) >= 11 is 13.7. The Morgan fingerprint density at radius 3 is 2.32 bits per heavy atom. The predicted octanol–water partition coefficient (Wildman–Crippen LogP) is 8.98. The van der Waals surface area contributed by atoms with Crippen molar-refractivity contribution in [3.63, 3.8) is 0 Å². The van der Waals surface area contributed by atoms with Gasteiger partial charge in [0, 0.05) is 25.1 Å². The number of nitrogens with one attached hydrogen (secondary N) is 2. The number of carboxylic acids is 1. The summed E-state index contributed by atoms with van der Waals surface area (Å²) in [6.07, 6.45) is -0.503. The lowest BCUT2D eigenvalue weighted by molar-refractivity contribution is -0.142. The molecule has 1 aromatic heterocycles. The molecule has 5 aromatic carbocycles. The predicted molar refractivity (Wildman–Crippen MR) is 227 cm³/mol. The largest absolute Gasteiger partial charge is 0.489 e. The van der Waals surface area contributed by atoms with Gasteiger partial charge >= 0.3 is 5.97 Å². The van der Waals surface area contributed by atoms with Gasteiger partial charge in [0.05, 0.1) is 33.4 Å². The number of halogens is 2. The van der Waals surface area contributed by atoms with Crippen LogP contribution in [0.2, 0.25) is 10.0 Å². The molecule has 0 fully saturated rings. The molecule has 0 spiro atoms. The number of thiophene rings is 1. The molecule has 3 atom stereocenters. The molecule has 6 aromatic rings. The van der Waals surface area contributed by atoms with Crippen LogP contribution in [0.25, 0.3) is 11.1 Å². The van der Waals surface area contributed by atoms with Gasteiger partial charge < -0.3 is 25.2 Å². The Hall–Kier alpha value is -6.16. The number of aliphatic carboxylic acids is 1. The molecule has 0 aliphatic carbocycles. The number of benzene rings is 5. The molecule has 8 rings (SSSR count). The fourth-order valence-corrected chi connectivity index (χ4v) is 8.30. The van der Waals surface area contributed by atoms with E-state index in [-0.39, 0.29) is 12.3 Å². The molecular weight excluding hydrogens is 808 g/mol. The number of carbonyl (C=O) groups excluding carboxylic acids is 2. The maximum absolute atomic E-state index is 14.1. The second-order valence-corrected chi connectivity index (χ2v) is 16.1. The third-order valence-electron chi connectivity index (χ3n) is 10.5. The maximum Gasteiger partial charge on any atom is 0.326 e. The minimum Gasteiger partial charge on any atom is -0.489 e. The molecule has 10 nitrogen and oxygen atoms in total. The number of carbonyl (C=O) groups is 3. The summed E-state index contributed by atoms with van der Waals surface area (Å²) < 4.78 is 12.2. The number of hydrogen-bond donors (Lipinski definition) is 3. The molecule has 2 amide bonds. The molecule has 0 bridgehead atoms. The summed E-state index contributed by atoms with van der Waals surface area (Å²) in [7, 11) is 0. The Morgan fingerprint density at radius 2 is 1.64 bits per heavy atom. The Balaban J connectivity index is 0.962. The average Bonchev–Trinajstić information content (AvgIpc) is 3.76. The van der Waals surface area contributed by atoms with E-state index < -0.39 is 30.1 Å². The zero-order valence-corrected chi connectivity index (χ0v) is 33.7. The highest BCUT2D eigenvalue weighted by molar-refractivity contribution is 7.07. The van der Waals surface area contributed by atoms with Crippen molar-refractivity contribution in [2.24, 2.45) is 0 Å². The van der Waals surface area contributed by atoms with E-state index in [0.717, 1.165) is 38.9 Å². The summed E-state index contributed by atoms with van der Waals surface area (Å²) in [5.41, 5.74) is 8.05. The lowest BCUT2D eigenvalue weighted by atomic mass is 9.91. The molecule has 3 heterocycles. The summed E-state index contributed by atoms with van der Waals surface area (Å²) in [5.74, 6) is -0.735. The first-order valence-corrected chi connectivity index (χ1v) is 20.5. The number of carboxylic acid groups (broad SMARTS) is 1.